The molecule has 0 radical (unpaired) electrons. The predicted molar refractivity (Wildman–Crippen MR) is 90.8 cm³/mol. The molecule has 8 nitrogen and oxygen atoms in total. The maximum absolute atomic E-state index is 11.4. The number of carbonyl (C=O) groups is 1. The second kappa shape index (κ2) is 8.70. The summed E-state index contributed by atoms with van der Waals surface area (Å²) in [5.41, 5.74) is 6.38. The number of nitrogens with zero attached hydrogens (tertiary/aromatic N) is 2. The molecule has 1 saturated heterocycles. The normalized spacial score (nSPS) is 21.3. The fourth-order valence-electron chi connectivity index (χ4n) is 2.83. The lowest BCUT2D eigenvalue weighted by molar-refractivity contribution is -0.153. The first-order valence-corrected chi connectivity index (χ1v) is 8.51. The van der Waals surface area contributed by atoms with Gasteiger partial charge in [-0.3, -0.25) is 10.0 Å². The number of nitrogen functional groups attached to an aromatic ring is 1. The zero-order valence-corrected chi connectivity index (χ0v) is 14.0. The number of nitrogens with two attached hydrogens (primary N) is 1. The van der Waals surface area contributed by atoms with E-state index in [2.05, 4.69) is 0 Å². The second-order valence-corrected chi connectivity index (χ2v) is 6.82. The lowest BCUT2D eigenvalue weighted by Gasteiger charge is -2.24. The van der Waals surface area contributed by atoms with Crippen molar-refractivity contribution < 1.29 is 25.2 Å². The van der Waals surface area contributed by atoms with Crippen molar-refractivity contribution in [2.24, 2.45) is 11.8 Å². The fraction of sp³-hybridized carbons (Fsp3) is 0.500. The van der Waals surface area contributed by atoms with E-state index in [1.807, 2.05) is 0 Å². The summed E-state index contributed by atoms with van der Waals surface area (Å²) < 4.78 is 0.933. The minimum absolute atomic E-state index is 0.162. The zero-order valence-electron chi connectivity index (χ0n) is 13.2. The van der Waals surface area contributed by atoms with E-state index in [9.17, 15) is 15.1 Å². The molecule has 2 atom stereocenters. The van der Waals surface area contributed by atoms with Gasteiger partial charge in [0.2, 0.25) is 0 Å². The Bertz CT molecular complexity index is 565. The molecule has 0 aliphatic carbocycles. The molecule has 0 saturated carbocycles. The zero-order chi connectivity index (χ0) is 17.7. The smallest absolute Gasteiger partial charge is 0.451 e. The molecule has 1 aromatic carbocycles. The van der Waals surface area contributed by atoms with Crippen molar-refractivity contribution in [2.75, 3.05) is 18.8 Å². The van der Waals surface area contributed by atoms with Crippen LogP contribution in [-0.2, 0) is 4.79 Å². The lowest BCUT2D eigenvalue weighted by Crippen LogP contribution is -2.34. The number of carboxylic acids is 1. The summed E-state index contributed by atoms with van der Waals surface area (Å²) in [5, 5.41) is 39.0. The van der Waals surface area contributed by atoms with Crippen LogP contribution in [0.5, 0.6) is 0 Å². The third-order valence-electron chi connectivity index (χ3n) is 4.12. The topological polar surface area (TPSA) is 130 Å². The number of rotatable bonds is 8. The van der Waals surface area contributed by atoms with E-state index in [0.717, 1.165) is 16.5 Å². The maximum atomic E-state index is 11.4. The van der Waals surface area contributed by atoms with Crippen LogP contribution in [-0.4, -0.2) is 56.1 Å². The van der Waals surface area contributed by atoms with Gasteiger partial charge in [-0.25, -0.2) is 5.01 Å². The summed E-state index contributed by atoms with van der Waals surface area (Å²) in [4.78, 5) is 12.1. The van der Waals surface area contributed by atoms with Crippen LogP contribution in [0.25, 0.3) is 0 Å². The molecule has 0 spiro atoms. The van der Waals surface area contributed by atoms with Gasteiger partial charge in [0.25, 0.3) is 0 Å². The molecular formula is C14H22BN3O5S. The Kier molecular flexibility index (Phi) is 6.90. The highest BCUT2D eigenvalue weighted by Gasteiger charge is 2.39. The Hall–Kier alpha value is -1.30. The van der Waals surface area contributed by atoms with Gasteiger partial charge in [0.15, 0.2) is 0 Å². The SMILES string of the molecule is Nc1ccccc1SN(O)N1C[C@H](CCCB(O)O)[C@H](C(=O)O)C1. The van der Waals surface area contributed by atoms with Gasteiger partial charge in [-0.2, -0.15) is 0 Å². The van der Waals surface area contributed by atoms with E-state index in [4.69, 9.17) is 15.8 Å². The third-order valence-corrected chi connectivity index (χ3v) is 5.08. The van der Waals surface area contributed by atoms with Gasteiger partial charge in [0.1, 0.15) is 0 Å². The maximum Gasteiger partial charge on any atom is 0.451 e. The molecule has 1 heterocycles. The van der Waals surface area contributed by atoms with Gasteiger partial charge in [-0.05, 0) is 30.8 Å². The summed E-state index contributed by atoms with van der Waals surface area (Å²) in [6.45, 7) is 0.576. The van der Waals surface area contributed by atoms with Gasteiger partial charge in [0.05, 0.1) is 5.92 Å². The predicted octanol–water partition coefficient (Wildman–Crippen LogP) is 0.768. The lowest BCUT2D eigenvalue weighted by atomic mass is 9.80. The Morgan fingerprint density at radius 1 is 1.38 bits per heavy atom. The molecule has 0 amide bonds. The first-order chi connectivity index (χ1) is 11.4. The van der Waals surface area contributed by atoms with Gasteiger partial charge in [-0.15, -0.1) is 0 Å². The molecule has 2 rings (SSSR count). The molecule has 6 N–H and O–H groups in total. The molecule has 1 fully saturated rings. The van der Waals surface area contributed by atoms with Crippen molar-refractivity contribution in [1.82, 2.24) is 9.59 Å². The summed E-state index contributed by atoms with van der Waals surface area (Å²) in [5.74, 6) is -1.68. The van der Waals surface area contributed by atoms with Crippen molar-refractivity contribution >= 4 is 30.7 Å². The van der Waals surface area contributed by atoms with Gasteiger partial charge >= 0.3 is 13.1 Å². The van der Waals surface area contributed by atoms with E-state index in [0.29, 0.717) is 30.0 Å². The van der Waals surface area contributed by atoms with Crippen LogP contribution in [0.2, 0.25) is 6.32 Å². The van der Waals surface area contributed by atoms with Gasteiger partial charge in [0, 0.05) is 35.6 Å². The average molecular weight is 355 g/mol. The van der Waals surface area contributed by atoms with E-state index >= 15 is 0 Å². The van der Waals surface area contributed by atoms with Crippen molar-refractivity contribution in [1.29, 1.82) is 0 Å². The van der Waals surface area contributed by atoms with E-state index in [1.165, 1.54) is 0 Å². The van der Waals surface area contributed by atoms with Crippen LogP contribution >= 0.6 is 11.9 Å². The Morgan fingerprint density at radius 3 is 2.71 bits per heavy atom. The molecule has 1 aromatic rings. The van der Waals surface area contributed by atoms with Crippen LogP contribution in [0, 0.1) is 11.8 Å². The number of benzene rings is 1. The summed E-state index contributed by atoms with van der Waals surface area (Å²) in [7, 11) is -1.38. The highest BCUT2D eigenvalue weighted by atomic mass is 32.2. The van der Waals surface area contributed by atoms with Crippen LogP contribution in [0.3, 0.4) is 0 Å². The van der Waals surface area contributed by atoms with E-state index in [1.54, 1.807) is 29.3 Å². The van der Waals surface area contributed by atoms with Crippen molar-refractivity contribution in [3.05, 3.63) is 24.3 Å². The summed E-state index contributed by atoms with van der Waals surface area (Å²) in [6.07, 6.45) is 1.28. The minimum atomic E-state index is -1.38. The number of carboxylic acid groups (broad SMARTS) is 1. The van der Waals surface area contributed by atoms with Gasteiger partial charge in [-0.1, -0.05) is 23.1 Å². The molecule has 0 aromatic heterocycles. The Balaban J connectivity index is 1.95. The van der Waals surface area contributed by atoms with Crippen molar-refractivity contribution in [2.45, 2.75) is 24.1 Å². The minimum Gasteiger partial charge on any atom is -0.481 e. The number of anilines is 1. The number of hydrogen-bond donors (Lipinski definition) is 5. The molecule has 132 valence electrons. The van der Waals surface area contributed by atoms with Crippen LogP contribution in [0.4, 0.5) is 5.69 Å². The molecule has 1 aliphatic rings. The van der Waals surface area contributed by atoms with E-state index < -0.39 is 19.0 Å². The Labute approximate surface area is 145 Å². The average Bonchev–Trinajstić information content (AvgIpc) is 2.94. The first-order valence-electron chi connectivity index (χ1n) is 7.73. The summed E-state index contributed by atoms with van der Waals surface area (Å²) >= 11 is 1.03. The van der Waals surface area contributed by atoms with Crippen LogP contribution in [0.1, 0.15) is 12.8 Å². The van der Waals surface area contributed by atoms with Crippen molar-refractivity contribution in [3.63, 3.8) is 0 Å². The molecular weight excluding hydrogens is 333 g/mol. The fourth-order valence-corrected chi connectivity index (χ4v) is 3.57. The molecule has 0 unspecified atom stereocenters. The highest BCUT2D eigenvalue weighted by Crippen LogP contribution is 2.34. The van der Waals surface area contributed by atoms with Crippen LogP contribution in [0.15, 0.2) is 29.2 Å². The highest BCUT2D eigenvalue weighted by molar-refractivity contribution is 7.97. The van der Waals surface area contributed by atoms with Crippen molar-refractivity contribution in [3.8, 4) is 0 Å². The quantitative estimate of drug-likeness (QED) is 0.199. The number of hydrogen-bond acceptors (Lipinski definition) is 8. The molecule has 1 aliphatic heterocycles. The number of aliphatic carboxylic acids is 1. The Morgan fingerprint density at radius 2 is 2.08 bits per heavy atom. The first kappa shape index (κ1) is 19.0. The van der Waals surface area contributed by atoms with E-state index in [-0.39, 0.29) is 18.8 Å². The molecule has 10 heteroatoms. The largest absolute Gasteiger partial charge is 0.481 e. The second-order valence-electron chi connectivity index (χ2n) is 5.87. The molecule has 0 bridgehead atoms. The monoisotopic (exact) mass is 355 g/mol. The standard InChI is InChI=1S/C14H22BN3O5S/c16-12-5-1-2-6-13(12)24-18(23)17-8-10(4-3-7-15(21)22)11(9-17)14(19)20/h1-2,5-6,10-11,21-23H,3-4,7-9,16H2,(H,19,20)/t10-,11+/m0/s1. The summed E-state index contributed by atoms with van der Waals surface area (Å²) in [6, 6.07) is 7.10. The van der Waals surface area contributed by atoms with Crippen LogP contribution < -0.4 is 5.73 Å². The molecule has 24 heavy (non-hydrogen) atoms. The third kappa shape index (κ3) is 5.10. The van der Waals surface area contributed by atoms with Gasteiger partial charge < -0.3 is 20.9 Å². The number of para-hydroxylation sites is 1. The number of hydrazine groups is 1.